The van der Waals surface area contributed by atoms with Crippen LogP contribution < -0.4 is 10.9 Å². The third kappa shape index (κ3) is 1.44. The molecule has 2 aromatic rings. The summed E-state index contributed by atoms with van der Waals surface area (Å²) in [6.07, 6.45) is 0. The molecule has 18 heavy (non-hydrogen) atoms. The van der Waals surface area contributed by atoms with Crippen molar-refractivity contribution in [1.82, 2.24) is 21.0 Å². The molecule has 2 heterocycles. The Labute approximate surface area is 105 Å². The molecule has 0 spiro atoms. The summed E-state index contributed by atoms with van der Waals surface area (Å²) in [7, 11) is 1.83. The lowest BCUT2D eigenvalue weighted by Gasteiger charge is -2.10. The Morgan fingerprint density at radius 1 is 1.22 bits per heavy atom. The summed E-state index contributed by atoms with van der Waals surface area (Å²) in [6.45, 7) is 2.01. The lowest BCUT2D eigenvalue weighted by molar-refractivity contribution is 0.247. The fourth-order valence-electron chi connectivity index (χ4n) is 2.34. The van der Waals surface area contributed by atoms with Crippen molar-refractivity contribution in [2.75, 3.05) is 7.05 Å². The van der Waals surface area contributed by atoms with Crippen molar-refractivity contribution in [3.63, 3.8) is 0 Å². The molecule has 0 saturated heterocycles. The van der Waals surface area contributed by atoms with Gasteiger partial charge in [-0.1, -0.05) is 18.2 Å². The van der Waals surface area contributed by atoms with Gasteiger partial charge in [0.25, 0.3) is 0 Å². The number of aromatic nitrogens is 1. The number of fused-ring (bicyclic) bond motifs is 1. The monoisotopic (exact) mass is 239 g/mol. The van der Waals surface area contributed by atoms with Crippen molar-refractivity contribution in [2.45, 2.75) is 6.92 Å². The van der Waals surface area contributed by atoms with E-state index in [1.54, 1.807) is 5.12 Å². The zero-order valence-electron chi connectivity index (χ0n) is 10.2. The number of nitrogens with zero attached hydrogens (tertiary/aromatic N) is 2. The number of nitriles is 1. The molecule has 0 saturated carbocycles. The summed E-state index contributed by atoms with van der Waals surface area (Å²) < 4.78 is 0. The van der Waals surface area contributed by atoms with E-state index in [2.05, 4.69) is 28.0 Å². The van der Waals surface area contributed by atoms with Crippen molar-refractivity contribution in [1.29, 1.82) is 5.26 Å². The molecule has 3 rings (SSSR count). The summed E-state index contributed by atoms with van der Waals surface area (Å²) in [6, 6.07) is 10.3. The molecule has 0 aliphatic carbocycles. The van der Waals surface area contributed by atoms with Gasteiger partial charge in [0, 0.05) is 29.2 Å². The summed E-state index contributed by atoms with van der Waals surface area (Å²) in [5, 5.41) is 12.0. The highest BCUT2D eigenvalue weighted by molar-refractivity contribution is 5.95. The Morgan fingerprint density at radius 3 is 2.78 bits per heavy atom. The van der Waals surface area contributed by atoms with Crippen LogP contribution in [0.25, 0.3) is 16.6 Å². The molecular weight excluding hydrogens is 226 g/mol. The van der Waals surface area contributed by atoms with E-state index in [0.29, 0.717) is 5.70 Å². The molecule has 0 radical (unpaired) electrons. The quantitative estimate of drug-likeness (QED) is 0.707. The number of hydrogen-bond acceptors (Lipinski definition) is 4. The van der Waals surface area contributed by atoms with Crippen LogP contribution in [0.15, 0.2) is 30.0 Å². The molecule has 0 amide bonds. The van der Waals surface area contributed by atoms with Gasteiger partial charge in [0.05, 0.1) is 5.70 Å². The Bertz CT molecular complexity index is 689. The molecule has 5 heteroatoms. The minimum absolute atomic E-state index is 0.533. The summed E-state index contributed by atoms with van der Waals surface area (Å²) >= 11 is 0. The second-order valence-electron chi connectivity index (χ2n) is 4.32. The van der Waals surface area contributed by atoms with Crippen molar-refractivity contribution in [3.8, 4) is 6.07 Å². The molecule has 1 aliphatic rings. The Hall–Kier alpha value is -2.45. The summed E-state index contributed by atoms with van der Waals surface area (Å²) in [5.41, 5.74) is 10.6. The van der Waals surface area contributed by atoms with Crippen LogP contribution in [-0.2, 0) is 0 Å². The molecule has 1 aromatic carbocycles. The lowest BCUT2D eigenvalue weighted by atomic mass is 10.1. The number of benzene rings is 1. The molecular formula is C13H13N5. The second-order valence-corrected chi connectivity index (χ2v) is 4.32. The van der Waals surface area contributed by atoms with E-state index < -0.39 is 0 Å². The van der Waals surface area contributed by atoms with Crippen LogP contribution >= 0.6 is 0 Å². The first kappa shape index (κ1) is 10.7. The first-order valence-electron chi connectivity index (χ1n) is 5.70. The zero-order valence-corrected chi connectivity index (χ0v) is 10.2. The van der Waals surface area contributed by atoms with E-state index in [0.717, 1.165) is 27.9 Å². The van der Waals surface area contributed by atoms with Crippen LogP contribution in [0.3, 0.4) is 0 Å². The van der Waals surface area contributed by atoms with Crippen LogP contribution in [-0.4, -0.2) is 17.1 Å². The zero-order chi connectivity index (χ0) is 12.7. The van der Waals surface area contributed by atoms with Crippen LogP contribution in [0.4, 0.5) is 0 Å². The average Bonchev–Trinajstić information content (AvgIpc) is 2.87. The van der Waals surface area contributed by atoms with Gasteiger partial charge in [0.15, 0.2) is 5.70 Å². The number of rotatable bonds is 1. The number of allylic oxidation sites excluding steroid dienone is 1. The maximum atomic E-state index is 9.17. The van der Waals surface area contributed by atoms with Crippen LogP contribution in [0, 0.1) is 18.3 Å². The van der Waals surface area contributed by atoms with E-state index in [1.807, 2.05) is 32.2 Å². The highest BCUT2D eigenvalue weighted by Gasteiger charge is 2.23. The molecule has 1 aromatic heterocycles. The van der Waals surface area contributed by atoms with Gasteiger partial charge in [-0.3, -0.25) is 10.9 Å². The summed E-state index contributed by atoms with van der Waals surface area (Å²) in [5.74, 6) is 0. The molecule has 0 bridgehead atoms. The fraction of sp³-hybridized carbons (Fsp3) is 0.154. The van der Waals surface area contributed by atoms with Gasteiger partial charge in [-0.25, -0.2) is 0 Å². The van der Waals surface area contributed by atoms with Crippen molar-refractivity contribution in [2.24, 2.45) is 0 Å². The minimum atomic E-state index is 0.533. The van der Waals surface area contributed by atoms with Crippen LogP contribution in [0.2, 0.25) is 0 Å². The second kappa shape index (κ2) is 3.79. The maximum absolute atomic E-state index is 9.17. The molecule has 0 fully saturated rings. The number of hydrazine groups is 2. The highest BCUT2D eigenvalue weighted by Crippen LogP contribution is 2.29. The van der Waals surface area contributed by atoms with Crippen molar-refractivity contribution in [3.05, 3.63) is 41.2 Å². The van der Waals surface area contributed by atoms with Gasteiger partial charge in [-0.05, 0) is 13.0 Å². The normalized spacial score (nSPS) is 15.6. The van der Waals surface area contributed by atoms with Gasteiger partial charge in [-0.15, -0.1) is 5.12 Å². The number of nitrogens with one attached hydrogen (secondary N) is 3. The lowest BCUT2D eigenvalue weighted by Crippen LogP contribution is -2.35. The molecule has 90 valence electrons. The van der Waals surface area contributed by atoms with Gasteiger partial charge in [-0.2, -0.15) is 5.26 Å². The first-order chi connectivity index (χ1) is 8.70. The Kier molecular flexibility index (Phi) is 2.25. The fourth-order valence-corrected chi connectivity index (χ4v) is 2.34. The predicted molar refractivity (Wildman–Crippen MR) is 69.6 cm³/mol. The third-order valence-corrected chi connectivity index (χ3v) is 3.06. The van der Waals surface area contributed by atoms with Gasteiger partial charge >= 0.3 is 0 Å². The van der Waals surface area contributed by atoms with Crippen molar-refractivity contribution < 1.29 is 0 Å². The van der Waals surface area contributed by atoms with Crippen molar-refractivity contribution >= 4 is 16.6 Å². The van der Waals surface area contributed by atoms with E-state index >= 15 is 0 Å². The third-order valence-electron chi connectivity index (χ3n) is 3.06. The van der Waals surface area contributed by atoms with E-state index in [4.69, 9.17) is 5.26 Å². The average molecular weight is 239 g/mol. The Balaban J connectivity index is 2.27. The number of aromatic amines is 1. The summed E-state index contributed by atoms with van der Waals surface area (Å²) in [4.78, 5) is 3.33. The van der Waals surface area contributed by atoms with Crippen LogP contribution in [0.1, 0.15) is 11.3 Å². The van der Waals surface area contributed by atoms with E-state index in [1.165, 1.54) is 0 Å². The van der Waals surface area contributed by atoms with Gasteiger partial charge in [0.2, 0.25) is 0 Å². The topological polar surface area (TPSA) is 66.9 Å². The van der Waals surface area contributed by atoms with Gasteiger partial charge in [0.1, 0.15) is 6.07 Å². The van der Waals surface area contributed by atoms with Crippen LogP contribution in [0.5, 0.6) is 0 Å². The predicted octanol–water partition coefficient (Wildman–Crippen LogP) is 1.62. The first-order valence-corrected chi connectivity index (χ1v) is 5.70. The minimum Gasteiger partial charge on any atom is -0.358 e. The smallest absolute Gasteiger partial charge is 0.154 e. The largest absolute Gasteiger partial charge is 0.358 e. The highest BCUT2D eigenvalue weighted by atomic mass is 15.7. The molecule has 1 aliphatic heterocycles. The number of para-hydroxylation sites is 1. The molecule has 5 nitrogen and oxygen atoms in total. The number of hydrogen-bond donors (Lipinski definition) is 3. The Morgan fingerprint density at radius 2 is 2.00 bits per heavy atom. The van der Waals surface area contributed by atoms with E-state index in [9.17, 15) is 0 Å². The number of H-pyrrole nitrogens is 1. The standard InChI is InChI=1S/C13H13N5/c1-8-12(9-5-3-4-6-10(9)15-8)13-11(7-14)16-18(2)17-13/h3-6,15-17H,1-2H3. The molecule has 0 atom stereocenters. The SMILES string of the molecule is Cc1[nH]c2ccccc2c1C1=C(C#N)NN(C)N1. The molecule has 0 unspecified atom stereocenters. The van der Waals surface area contributed by atoms with E-state index in [-0.39, 0.29) is 0 Å². The molecule has 3 N–H and O–H groups in total. The number of aryl methyl sites for hydroxylation is 1. The van der Waals surface area contributed by atoms with Gasteiger partial charge < -0.3 is 4.98 Å². The maximum Gasteiger partial charge on any atom is 0.154 e.